The molecule has 0 amide bonds. The van der Waals surface area contributed by atoms with Crippen LogP contribution in [0.2, 0.25) is 0 Å². The summed E-state index contributed by atoms with van der Waals surface area (Å²) in [5, 5.41) is 3.70. The summed E-state index contributed by atoms with van der Waals surface area (Å²) in [6.45, 7) is 10.9. The van der Waals surface area contributed by atoms with Gasteiger partial charge in [0.1, 0.15) is 0 Å². The molecule has 1 aliphatic rings. The predicted octanol–water partition coefficient (Wildman–Crippen LogP) is 4.39. The average Bonchev–Trinajstić information content (AvgIpc) is 2.42. The first-order chi connectivity index (χ1) is 9.19. The van der Waals surface area contributed by atoms with Crippen molar-refractivity contribution in [3.63, 3.8) is 0 Å². The molecule has 0 radical (unpaired) electrons. The fourth-order valence-corrected chi connectivity index (χ4v) is 3.39. The summed E-state index contributed by atoms with van der Waals surface area (Å²) in [6, 6.07) is 0.551. The van der Waals surface area contributed by atoms with E-state index in [1.165, 1.54) is 44.9 Å². The van der Waals surface area contributed by atoms with E-state index in [0.29, 0.717) is 12.1 Å². The molecule has 2 nitrogen and oxygen atoms in total. The minimum absolute atomic E-state index is 0.434. The highest BCUT2D eigenvalue weighted by Crippen LogP contribution is 2.31. The standard InChI is InChI=1S/C17H35NO/c1-5-18-16(13-12-14(3)4)17(19-6-2)15-10-8-7-9-11-15/h14-18H,5-13H2,1-4H3. The number of nitrogens with one attached hydrogen (secondary N) is 1. The van der Waals surface area contributed by atoms with Gasteiger partial charge in [-0.25, -0.2) is 0 Å². The highest BCUT2D eigenvalue weighted by molar-refractivity contribution is 4.85. The van der Waals surface area contributed by atoms with Crippen molar-refractivity contribution < 1.29 is 4.74 Å². The van der Waals surface area contributed by atoms with Crippen LogP contribution in [0.1, 0.15) is 72.6 Å². The molecular weight excluding hydrogens is 234 g/mol. The topological polar surface area (TPSA) is 21.3 Å². The van der Waals surface area contributed by atoms with Crippen LogP contribution in [0.4, 0.5) is 0 Å². The zero-order valence-corrected chi connectivity index (χ0v) is 13.6. The summed E-state index contributed by atoms with van der Waals surface area (Å²) in [5.41, 5.74) is 0. The first kappa shape index (κ1) is 17.0. The van der Waals surface area contributed by atoms with E-state index in [1.807, 2.05) is 0 Å². The molecule has 2 heteroatoms. The Bertz CT molecular complexity index is 211. The maximum absolute atomic E-state index is 6.17. The molecule has 0 aromatic heterocycles. The molecule has 0 bridgehead atoms. The van der Waals surface area contributed by atoms with Crippen molar-refractivity contribution in [3.05, 3.63) is 0 Å². The molecule has 0 heterocycles. The molecule has 0 aliphatic heterocycles. The third kappa shape index (κ3) is 6.27. The van der Waals surface area contributed by atoms with Crippen LogP contribution in [-0.2, 0) is 4.74 Å². The molecule has 1 N–H and O–H groups in total. The highest BCUT2D eigenvalue weighted by Gasteiger charge is 2.30. The van der Waals surface area contributed by atoms with E-state index in [2.05, 4.69) is 33.0 Å². The number of rotatable bonds is 9. The van der Waals surface area contributed by atoms with Gasteiger partial charge < -0.3 is 10.1 Å². The van der Waals surface area contributed by atoms with Gasteiger partial charge in [-0.15, -0.1) is 0 Å². The molecule has 2 atom stereocenters. The third-order valence-corrected chi connectivity index (χ3v) is 4.39. The zero-order chi connectivity index (χ0) is 14.1. The molecule has 1 rings (SSSR count). The van der Waals surface area contributed by atoms with E-state index in [4.69, 9.17) is 4.74 Å². The molecule has 1 aliphatic carbocycles. The number of hydrogen-bond donors (Lipinski definition) is 1. The van der Waals surface area contributed by atoms with Gasteiger partial charge in [-0.3, -0.25) is 0 Å². The Morgan fingerprint density at radius 2 is 1.74 bits per heavy atom. The lowest BCUT2D eigenvalue weighted by atomic mass is 9.81. The Kier molecular flexibility index (Phi) is 8.72. The third-order valence-electron chi connectivity index (χ3n) is 4.39. The average molecular weight is 269 g/mol. The van der Waals surface area contributed by atoms with E-state index < -0.39 is 0 Å². The maximum Gasteiger partial charge on any atom is 0.0755 e. The Balaban J connectivity index is 2.60. The van der Waals surface area contributed by atoms with Crippen LogP contribution in [0.25, 0.3) is 0 Å². The summed E-state index contributed by atoms with van der Waals surface area (Å²) >= 11 is 0. The fraction of sp³-hybridized carbons (Fsp3) is 1.00. The first-order valence-electron chi connectivity index (χ1n) is 8.54. The smallest absolute Gasteiger partial charge is 0.0755 e. The maximum atomic E-state index is 6.17. The van der Waals surface area contributed by atoms with Gasteiger partial charge in [0.15, 0.2) is 0 Å². The first-order valence-corrected chi connectivity index (χ1v) is 8.54. The summed E-state index contributed by atoms with van der Waals surface area (Å²) < 4.78 is 6.17. The monoisotopic (exact) mass is 269 g/mol. The van der Waals surface area contributed by atoms with Gasteiger partial charge in [0.05, 0.1) is 6.10 Å². The van der Waals surface area contributed by atoms with Gasteiger partial charge in [-0.1, -0.05) is 40.0 Å². The molecule has 0 spiro atoms. The lowest BCUT2D eigenvalue weighted by Crippen LogP contribution is -2.46. The van der Waals surface area contributed by atoms with Gasteiger partial charge in [-0.05, 0) is 51.0 Å². The lowest BCUT2D eigenvalue weighted by Gasteiger charge is -2.36. The van der Waals surface area contributed by atoms with E-state index in [0.717, 1.165) is 25.0 Å². The van der Waals surface area contributed by atoms with Crippen LogP contribution in [0.3, 0.4) is 0 Å². The minimum atomic E-state index is 0.434. The second-order valence-corrected chi connectivity index (χ2v) is 6.45. The molecule has 1 fully saturated rings. The summed E-state index contributed by atoms with van der Waals surface area (Å²) in [5.74, 6) is 1.57. The van der Waals surface area contributed by atoms with Crippen LogP contribution in [0.5, 0.6) is 0 Å². The van der Waals surface area contributed by atoms with Crippen molar-refractivity contribution in [3.8, 4) is 0 Å². The molecular formula is C17H35NO. The van der Waals surface area contributed by atoms with E-state index >= 15 is 0 Å². The summed E-state index contributed by atoms with van der Waals surface area (Å²) in [7, 11) is 0. The number of hydrogen-bond acceptors (Lipinski definition) is 2. The number of likely N-dealkylation sites (N-methyl/N-ethyl adjacent to an activating group) is 1. The quantitative estimate of drug-likeness (QED) is 0.670. The molecule has 0 aromatic rings. The Morgan fingerprint density at radius 3 is 2.26 bits per heavy atom. The fourth-order valence-electron chi connectivity index (χ4n) is 3.39. The van der Waals surface area contributed by atoms with Gasteiger partial charge in [-0.2, -0.15) is 0 Å². The van der Waals surface area contributed by atoms with Crippen LogP contribution >= 0.6 is 0 Å². The van der Waals surface area contributed by atoms with Crippen LogP contribution < -0.4 is 5.32 Å². The van der Waals surface area contributed by atoms with Crippen molar-refractivity contribution in [2.45, 2.75) is 84.8 Å². The van der Waals surface area contributed by atoms with Crippen LogP contribution in [0, 0.1) is 11.8 Å². The van der Waals surface area contributed by atoms with Crippen molar-refractivity contribution in [2.24, 2.45) is 11.8 Å². The molecule has 2 unspecified atom stereocenters. The minimum Gasteiger partial charge on any atom is -0.377 e. The molecule has 1 saturated carbocycles. The van der Waals surface area contributed by atoms with Crippen LogP contribution in [0.15, 0.2) is 0 Å². The summed E-state index contributed by atoms with van der Waals surface area (Å²) in [4.78, 5) is 0. The van der Waals surface area contributed by atoms with E-state index in [1.54, 1.807) is 0 Å². The van der Waals surface area contributed by atoms with Crippen molar-refractivity contribution in [1.29, 1.82) is 0 Å². The van der Waals surface area contributed by atoms with E-state index in [-0.39, 0.29) is 0 Å². The predicted molar refractivity (Wildman–Crippen MR) is 83.5 cm³/mol. The summed E-state index contributed by atoms with van der Waals surface area (Å²) in [6.07, 6.45) is 9.95. The second kappa shape index (κ2) is 9.77. The molecule has 0 aromatic carbocycles. The van der Waals surface area contributed by atoms with Gasteiger partial charge in [0.2, 0.25) is 0 Å². The Morgan fingerprint density at radius 1 is 1.05 bits per heavy atom. The Labute approximate surface area is 120 Å². The lowest BCUT2D eigenvalue weighted by molar-refractivity contribution is -0.0200. The number of ether oxygens (including phenoxy) is 1. The van der Waals surface area contributed by atoms with Gasteiger partial charge >= 0.3 is 0 Å². The zero-order valence-electron chi connectivity index (χ0n) is 13.6. The highest BCUT2D eigenvalue weighted by atomic mass is 16.5. The van der Waals surface area contributed by atoms with Crippen molar-refractivity contribution in [1.82, 2.24) is 5.32 Å². The van der Waals surface area contributed by atoms with Crippen LogP contribution in [-0.4, -0.2) is 25.3 Å². The van der Waals surface area contributed by atoms with E-state index in [9.17, 15) is 0 Å². The molecule has 114 valence electrons. The van der Waals surface area contributed by atoms with Crippen molar-refractivity contribution in [2.75, 3.05) is 13.2 Å². The second-order valence-electron chi connectivity index (χ2n) is 6.45. The largest absolute Gasteiger partial charge is 0.377 e. The van der Waals surface area contributed by atoms with Gasteiger partial charge in [0, 0.05) is 12.6 Å². The molecule has 0 saturated heterocycles. The van der Waals surface area contributed by atoms with Gasteiger partial charge in [0.25, 0.3) is 0 Å². The Hall–Kier alpha value is -0.0800. The normalized spacial score (nSPS) is 20.7. The van der Waals surface area contributed by atoms with Crippen molar-refractivity contribution >= 4 is 0 Å². The molecule has 19 heavy (non-hydrogen) atoms. The SMILES string of the molecule is CCNC(CCC(C)C)C(OCC)C1CCCCC1.